The molecule has 2 aromatic rings. The van der Waals surface area contributed by atoms with Gasteiger partial charge in [0.25, 0.3) is 10.9 Å². The summed E-state index contributed by atoms with van der Waals surface area (Å²) in [7, 11) is 0. The van der Waals surface area contributed by atoms with Crippen molar-refractivity contribution in [2.75, 3.05) is 10.6 Å². The number of carbonyl (C=O) groups is 1. The number of amides is 1. The summed E-state index contributed by atoms with van der Waals surface area (Å²) in [6.45, 7) is 9.78. The van der Waals surface area contributed by atoms with Crippen LogP contribution in [0.2, 0.25) is 0 Å². The fraction of sp³-hybridized carbons (Fsp3) is 0.458. The second-order valence-electron chi connectivity index (χ2n) is 9.35. The SMILES string of the molecule is CCC(C)(C)[C@@H](Nc1c(NC2=C3C(=O)N[C@@H](C)C3CC=C2F)c(=O)c1=O)c1ccc(C)o1. The second kappa shape index (κ2) is 7.76. The third-order valence-corrected chi connectivity index (χ3v) is 6.82. The van der Waals surface area contributed by atoms with E-state index in [1.54, 1.807) is 0 Å². The van der Waals surface area contributed by atoms with Crippen molar-refractivity contribution in [2.45, 2.75) is 59.5 Å². The maximum absolute atomic E-state index is 14.7. The van der Waals surface area contributed by atoms with Gasteiger partial charge in [-0.25, -0.2) is 4.39 Å². The van der Waals surface area contributed by atoms with Gasteiger partial charge in [-0.2, -0.15) is 0 Å². The highest BCUT2D eigenvalue weighted by Crippen LogP contribution is 2.41. The Bertz CT molecular complexity index is 1210. The Morgan fingerprint density at radius 3 is 2.53 bits per heavy atom. The molecule has 1 aliphatic carbocycles. The first kappa shape index (κ1) is 22.0. The Hall–Kier alpha value is -3.16. The van der Waals surface area contributed by atoms with Gasteiger partial charge in [-0.1, -0.05) is 20.8 Å². The third kappa shape index (κ3) is 3.47. The van der Waals surface area contributed by atoms with Crippen molar-refractivity contribution in [3.05, 3.63) is 67.3 Å². The van der Waals surface area contributed by atoms with E-state index in [9.17, 15) is 18.8 Å². The Labute approximate surface area is 185 Å². The van der Waals surface area contributed by atoms with Crippen LogP contribution in [0, 0.1) is 18.3 Å². The van der Waals surface area contributed by atoms with Crippen LogP contribution in [0.5, 0.6) is 0 Å². The van der Waals surface area contributed by atoms with Crippen LogP contribution >= 0.6 is 0 Å². The minimum absolute atomic E-state index is 0.0331. The van der Waals surface area contributed by atoms with Crippen molar-refractivity contribution < 1.29 is 13.6 Å². The number of nitrogens with one attached hydrogen (secondary N) is 3. The molecule has 0 spiro atoms. The van der Waals surface area contributed by atoms with Crippen LogP contribution in [0.1, 0.15) is 58.1 Å². The van der Waals surface area contributed by atoms with Crippen molar-refractivity contribution in [2.24, 2.45) is 11.3 Å². The molecule has 3 atom stereocenters. The van der Waals surface area contributed by atoms with E-state index in [0.29, 0.717) is 12.2 Å². The molecule has 32 heavy (non-hydrogen) atoms. The molecule has 2 heterocycles. The predicted molar refractivity (Wildman–Crippen MR) is 121 cm³/mol. The molecule has 1 aliphatic heterocycles. The molecular weight excluding hydrogens is 413 g/mol. The molecule has 7 nitrogen and oxygen atoms in total. The van der Waals surface area contributed by atoms with Crippen LogP contribution in [-0.4, -0.2) is 11.9 Å². The number of furan rings is 1. The molecule has 170 valence electrons. The average molecular weight is 442 g/mol. The van der Waals surface area contributed by atoms with E-state index in [1.165, 1.54) is 6.08 Å². The lowest BCUT2D eigenvalue weighted by Gasteiger charge is -2.34. The number of anilines is 2. The van der Waals surface area contributed by atoms with E-state index in [0.717, 1.165) is 12.2 Å². The Balaban J connectivity index is 1.71. The molecule has 8 heteroatoms. The van der Waals surface area contributed by atoms with Crippen LogP contribution in [0.15, 0.2) is 49.3 Å². The monoisotopic (exact) mass is 441 g/mol. The Morgan fingerprint density at radius 2 is 1.91 bits per heavy atom. The van der Waals surface area contributed by atoms with Gasteiger partial charge < -0.3 is 20.4 Å². The number of halogens is 1. The van der Waals surface area contributed by atoms with Gasteiger partial charge in [0.05, 0.1) is 11.7 Å². The number of hydrogen-bond donors (Lipinski definition) is 3. The van der Waals surface area contributed by atoms with E-state index < -0.39 is 22.7 Å². The van der Waals surface area contributed by atoms with Crippen molar-refractivity contribution in [1.29, 1.82) is 0 Å². The number of carbonyl (C=O) groups excluding carboxylic acids is 1. The van der Waals surface area contributed by atoms with Crippen molar-refractivity contribution in [3.8, 4) is 0 Å². The van der Waals surface area contributed by atoms with Gasteiger partial charge in [0.2, 0.25) is 5.91 Å². The normalized spacial score (nSPS) is 21.9. The lowest BCUT2D eigenvalue weighted by atomic mass is 9.80. The first-order chi connectivity index (χ1) is 15.0. The number of fused-ring (bicyclic) bond motifs is 1. The fourth-order valence-electron chi connectivity index (χ4n) is 4.39. The molecule has 4 rings (SSSR count). The van der Waals surface area contributed by atoms with Crippen LogP contribution in [0.3, 0.4) is 0 Å². The number of hydrogen-bond acceptors (Lipinski definition) is 6. The molecule has 1 amide bonds. The number of aryl methyl sites for hydroxylation is 1. The highest BCUT2D eigenvalue weighted by Gasteiger charge is 2.41. The second-order valence-corrected chi connectivity index (χ2v) is 9.35. The van der Waals surface area contributed by atoms with E-state index in [2.05, 4.69) is 16.0 Å². The molecule has 1 aromatic heterocycles. The van der Waals surface area contributed by atoms with Crippen molar-refractivity contribution in [1.82, 2.24) is 5.32 Å². The summed E-state index contributed by atoms with van der Waals surface area (Å²) in [5.41, 5.74) is -1.46. The minimum atomic E-state index is -0.745. The molecule has 0 radical (unpaired) electrons. The Kier molecular flexibility index (Phi) is 5.35. The van der Waals surface area contributed by atoms with Gasteiger partial charge >= 0.3 is 0 Å². The van der Waals surface area contributed by atoms with Gasteiger partial charge in [0, 0.05) is 17.5 Å². The maximum atomic E-state index is 14.7. The predicted octanol–water partition coefficient (Wildman–Crippen LogP) is 3.83. The summed E-state index contributed by atoms with van der Waals surface area (Å²) in [6, 6.07) is 3.15. The van der Waals surface area contributed by atoms with Crippen LogP contribution in [0.25, 0.3) is 0 Å². The summed E-state index contributed by atoms with van der Waals surface area (Å²) in [4.78, 5) is 37.3. The fourth-order valence-corrected chi connectivity index (χ4v) is 4.39. The van der Waals surface area contributed by atoms with Gasteiger partial charge in [-0.05, 0) is 50.3 Å². The highest BCUT2D eigenvalue weighted by molar-refractivity contribution is 5.99. The molecular formula is C24H28FN3O4. The van der Waals surface area contributed by atoms with Gasteiger partial charge in [0.15, 0.2) is 0 Å². The summed E-state index contributed by atoms with van der Waals surface area (Å²) in [6.07, 6.45) is 2.57. The highest BCUT2D eigenvalue weighted by atomic mass is 19.1. The van der Waals surface area contributed by atoms with Crippen LogP contribution in [0.4, 0.5) is 15.8 Å². The summed E-state index contributed by atoms with van der Waals surface area (Å²) >= 11 is 0. The average Bonchev–Trinajstić information content (AvgIpc) is 3.30. The molecule has 0 saturated carbocycles. The van der Waals surface area contributed by atoms with Gasteiger partial charge in [-0.15, -0.1) is 0 Å². The van der Waals surface area contributed by atoms with E-state index >= 15 is 0 Å². The zero-order chi connectivity index (χ0) is 23.4. The van der Waals surface area contributed by atoms with Crippen molar-refractivity contribution in [3.63, 3.8) is 0 Å². The smallest absolute Gasteiger partial charge is 0.253 e. The molecule has 1 aromatic carbocycles. The molecule has 2 aliphatic rings. The lowest BCUT2D eigenvalue weighted by molar-refractivity contribution is -0.116. The first-order valence-corrected chi connectivity index (χ1v) is 10.9. The van der Waals surface area contributed by atoms with E-state index in [1.807, 2.05) is 46.8 Å². The minimum Gasteiger partial charge on any atom is -0.464 e. The van der Waals surface area contributed by atoms with Crippen molar-refractivity contribution >= 4 is 17.3 Å². The largest absolute Gasteiger partial charge is 0.464 e. The Morgan fingerprint density at radius 1 is 1.22 bits per heavy atom. The molecule has 3 N–H and O–H groups in total. The topological polar surface area (TPSA) is 100 Å². The molecule has 1 saturated heterocycles. The standard InChI is InChI=1S/C24H28FN3O4/c1-6-24(4,5)22(15-10-7-11(2)32-15)28-19-18(20(29)21(19)30)27-17-14(25)9-8-13-12(3)26-23(31)16(13)17/h7,9-10,12-13,22,27-28H,6,8H2,1-5H3,(H,26,31)/t12-,13?,22-/m0/s1. The zero-order valence-electron chi connectivity index (χ0n) is 18.9. The van der Waals surface area contributed by atoms with E-state index in [-0.39, 0.29) is 45.9 Å². The molecule has 1 unspecified atom stereocenters. The lowest BCUT2D eigenvalue weighted by Crippen LogP contribution is -2.40. The zero-order valence-corrected chi connectivity index (χ0v) is 18.9. The summed E-state index contributed by atoms with van der Waals surface area (Å²) in [5.74, 6) is 0.216. The van der Waals surface area contributed by atoms with Crippen LogP contribution in [-0.2, 0) is 4.79 Å². The van der Waals surface area contributed by atoms with Gasteiger partial charge in [0.1, 0.15) is 28.7 Å². The molecule has 1 fully saturated rings. The third-order valence-electron chi connectivity index (χ3n) is 6.82. The van der Waals surface area contributed by atoms with Gasteiger partial charge in [-0.3, -0.25) is 14.4 Å². The number of allylic oxidation sites excluding steroid dienone is 2. The van der Waals surface area contributed by atoms with Crippen LogP contribution < -0.4 is 26.8 Å². The van der Waals surface area contributed by atoms with E-state index in [4.69, 9.17) is 4.42 Å². The number of rotatable bonds is 7. The molecule has 0 bridgehead atoms. The summed E-state index contributed by atoms with van der Waals surface area (Å²) in [5, 5.41) is 8.76. The quantitative estimate of drug-likeness (QED) is 0.565. The maximum Gasteiger partial charge on any atom is 0.253 e. The first-order valence-electron chi connectivity index (χ1n) is 10.9. The summed E-state index contributed by atoms with van der Waals surface area (Å²) < 4.78 is 20.6.